The number of hydrogen-bond acceptors (Lipinski definition) is 8. The molecule has 1 aromatic rings. The predicted molar refractivity (Wildman–Crippen MR) is 136 cm³/mol. The fourth-order valence-corrected chi connectivity index (χ4v) is 5.14. The molecule has 9 heteroatoms. The second-order valence-electron chi connectivity index (χ2n) is 9.57. The van der Waals surface area contributed by atoms with Crippen molar-refractivity contribution < 1.29 is 38.3 Å². The SMILES string of the molecule is CCO[C@H]1OC(C(=O)N2CCCCCCC2)=C[C@@H](c2ccc3c(c2)OCO3)[C@H]1CCOCCOCCO. The molecule has 3 aliphatic heterocycles. The monoisotopic (exact) mass is 519 g/mol. The van der Waals surface area contributed by atoms with Crippen molar-refractivity contribution in [2.75, 3.05) is 59.5 Å². The number of carbonyl (C=O) groups is 1. The highest BCUT2D eigenvalue weighted by Gasteiger charge is 2.39. The summed E-state index contributed by atoms with van der Waals surface area (Å²) in [5.74, 6) is 1.54. The first-order valence-electron chi connectivity index (χ1n) is 13.7. The zero-order valence-electron chi connectivity index (χ0n) is 21.9. The van der Waals surface area contributed by atoms with Crippen LogP contribution in [0.2, 0.25) is 0 Å². The quantitative estimate of drug-likeness (QED) is 0.419. The number of aliphatic hydroxyl groups is 1. The van der Waals surface area contributed by atoms with E-state index in [1.807, 2.05) is 36.1 Å². The van der Waals surface area contributed by atoms with Crippen LogP contribution in [0.1, 0.15) is 56.9 Å². The van der Waals surface area contributed by atoms with Crippen LogP contribution >= 0.6 is 0 Å². The summed E-state index contributed by atoms with van der Waals surface area (Å²) in [5, 5.41) is 8.84. The summed E-state index contributed by atoms with van der Waals surface area (Å²) in [6, 6.07) is 5.94. The first-order chi connectivity index (χ1) is 18.2. The lowest BCUT2D eigenvalue weighted by Crippen LogP contribution is -2.41. The number of amides is 1. The molecule has 0 unspecified atom stereocenters. The molecule has 1 fully saturated rings. The van der Waals surface area contributed by atoms with Gasteiger partial charge in [0.1, 0.15) is 0 Å². The van der Waals surface area contributed by atoms with E-state index in [9.17, 15) is 4.79 Å². The van der Waals surface area contributed by atoms with Gasteiger partial charge in [-0.3, -0.25) is 4.79 Å². The Kier molecular flexibility index (Phi) is 10.9. The molecule has 0 radical (unpaired) electrons. The van der Waals surface area contributed by atoms with E-state index in [0.717, 1.165) is 50.1 Å². The smallest absolute Gasteiger partial charge is 0.288 e. The third-order valence-electron chi connectivity index (χ3n) is 7.05. The molecule has 0 aromatic heterocycles. The van der Waals surface area contributed by atoms with Crippen LogP contribution in [-0.2, 0) is 23.7 Å². The molecule has 0 spiro atoms. The molecule has 1 aromatic carbocycles. The van der Waals surface area contributed by atoms with Gasteiger partial charge < -0.3 is 38.4 Å². The van der Waals surface area contributed by atoms with Crippen LogP contribution in [0.25, 0.3) is 0 Å². The molecule has 3 heterocycles. The molecular weight excluding hydrogens is 478 g/mol. The third kappa shape index (κ3) is 7.60. The Balaban J connectivity index is 1.54. The number of allylic oxidation sites excluding steroid dienone is 1. The number of fused-ring (bicyclic) bond motifs is 1. The fourth-order valence-electron chi connectivity index (χ4n) is 5.14. The van der Waals surface area contributed by atoms with Crippen molar-refractivity contribution in [3.8, 4) is 11.5 Å². The Hall–Kier alpha value is -2.33. The van der Waals surface area contributed by atoms with Crippen LogP contribution in [0.5, 0.6) is 11.5 Å². The molecule has 206 valence electrons. The van der Waals surface area contributed by atoms with Crippen molar-refractivity contribution in [2.24, 2.45) is 5.92 Å². The topological polar surface area (TPSA) is 95.9 Å². The Bertz CT molecular complexity index is 883. The zero-order chi connectivity index (χ0) is 25.9. The molecule has 0 bridgehead atoms. The minimum absolute atomic E-state index is 0.00250. The Morgan fingerprint density at radius 1 is 1.00 bits per heavy atom. The van der Waals surface area contributed by atoms with E-state index in [0.29, 0.717) is 51.0 Å². The maximum atomic E-state index is 13.6. The van der Waals surface area contributed by atoms with Gasteiger partial charge in [-0.1, -0.05) is 25.3 Å². The van der Waals surface area contributed by atoms with Crippen molar-refractivity contribution in [1.82, 2.24) is 4.90 Å². The van der Waals surface area contributed by atoms with Crippen LogP contribution in [-0.4, -0.2) is 81.7 Å². The number of benzene rings is 1. The van der Waals surface area contributed by atoms with E-state index in [1.165, 1.54) is 6.42 Å². The summed E-state index contributed by atoms with van der Waals surface area (Å²) in [7, 11) is 0. The van der Waals surface area contributed by atoms with Gasteiger partial charge in [-0.05, 0) is 50.0 Å². The van der Waals surface area contributed by atoms with Crippen LogP contribution in [0.3, 0.4) is 0 Å². The van der Waals surface area contributed by atoms with Gasteiger partial charge in [0.25, 0.3) is 5.91 Å². The van der Waals surface area contributed by atoms with Crippen molar-refractivity contribution in [3.05, 3.63) is 35.6 Å². The van der Waals surface area contributed by atoms with Gasteiger partial charge in [0.05, 0.1) is 26.4 Å². The summed E-state index contributed by atoms with van der Waals surface area (Å²) in [4.78, 5) is 15.5. The molecule has 1 saturated heterocycles. The summed E-state index contributed by atoms with van der Waals surface area (Å²) in [5.41, 5.74) is 1.02. The summed E-state index contributed by atoms with van der Waals surface area (Å²) >= 11 is 0. The number of aliphatic hydroxyl groups excluding tert-OH is 1. The maximum absolute atomic E-state index is 13.6. The molecule has 4 rings (SSSR count). The predicted octanol–water partition coefficient (Wildman–Crippen LogP) is 3.60. The van der Waals surface area contributed by atoms with E-state index in [4.69, 9.17) is 33.5 Å². The highest BCUT2D eigenvalue weighted by molar-refractivity contribution is 5.91. The summed E-state index contributed by atoms with van der Waals surface area (Å²) < 4.78 is 34.6. The Morgan fingerprint density at radius 2 is 1.73 bits per heavy atom. The summed E-state index contributed by atoms with van der Waals surface area (Å²) in [6.07, 6.45) is 7.62. The second-order valence-corrected chi connectivity index (χ2v) is 9.57. The van der Waals surface area contributed by atoms with E-state index in [-0.39, 0.29) is 31.1 Å². The molecular formula is C28H41NO8. The number of nitrogens with zero attached hydrogens (tertiary/aromatic N) is 1. The number of hydrogen-bond donors (Lipinski definition) is 1. The normalized spacial score (nSPS) is 23.7. The van der Waals surface area contributed by atoms with Gasteiger partial charge in [0, 0.05) is 38.1 Å². The standard InChI is InChI=1S/C28H41NO8/c1-2-34-28-22(10-14-32-16-17-33-15-13-30)23(21-8-9-24-25(18-21)36-20-35-24)19-26(37-28)27(31)29-11-6-4-3-5-7-12-29/h8-9,18-19,22-23,28,30H,2-7,10-17,20H2,1H3/t22-,23+,28+/m1/s1. The lowest BCUT2D eigenvalue weighted by atomic mass is 9.81. The van der Waals surface area contributed by atoms with E-state index >= 15 is 0 Å². The lowest BCUT2D eigenvalue weighted by molar-refractivity contribution is -0.172. The molecule has 3 atom stereocenters. The summed E-state index contributed by atoms with van der Waals surface area (Å²) in [6.45, 7) is 5.77. The number of carbonyl (C=O) groups excluding carboxylic acids is 1. The maximum Gasteiger partial charge on any atom is 0.288 e. The zero-order valence-corrected chi connectivity index (χ0v) is 21.9. The molecule has 0 aliphatic carbocycles. The second kappa shape index (κ2) is 14.6. The van der Waals surface area contributed by atoms with Gasteiger partial charge in [0.15, 0.2) is 17.3 Å². The minimum Gasteiger partial charge on any atom is -0.459 e. The van der Waals surface area contributed by atoms with Crippen molar-refractivity contribution in [2.45, 2.75) is 57.7 Å². The number of rotatable bonds is 12. The van der Waals surface area contributed by atoms with Crippen LogP contribution in [0.4, 0.5) is 0 Å². The van der Waals surface area contributed by atoms with Gasteiger partial charge in [-0.2, -0.15) is 0 Å². The van der Waals surface area contributed by atoms with Crippen LogP contribution in [0, 0.1) is 5.92 Å². The molecule has 37 heavy (non-hydrogen) atoms. The molecule has 9 nitrogen and oxygen atoms in total. The number of ether oxygens (including phenoxy) is 6. The van der Waals surface area contributed by atoms with Crippen LogP contribution in [0.15, 0.2) is 30.0 Å². The van der Waals surface area contributed by atoms with E-state index in [2.05, 4.69) is 0 Å². The number of likely N-dealkylation sites (tertiary alicyclic amines) is 1. The Labute approximate surface area is 219 Å². The average Bonchev–Trinajstić information content (AvgIpc) is 3.36. The van der Waals surface area contributed by atoms with E-state index < -0.39 is 6.29 Å². The van der Waals surface area contributed by atoms with E-state index in [1.54, 1.807) is 0 Å². The Morgan fingerprint density at radius 3 is 2.49 bits per heavy atom. The highest BCUT2D eigenvalue weighted by Crippen LogP contribution is 2.42. The molecule has 3 aliphatic rings. The van der Waals surface area contributed by atoms with Crippen LogP contribution < -0.4 is 9.47 Å². The largest absolute Gasteiger partial charge is 0.459 e. The molecule has 1 N–H and O–H groups in total. The van der Waals surface area contributed by atoms with Gasteiger partial charge in [-0.25, -0.2) is 0 Å². The highest BCUT2D eigenvalue weighted by atomic mass is 16.7. The van der Waals surface area contributed by atoms with Crippen molar-refractivity contribution in [3.63, 3.8) is 0 Å². The minimum atomic E-state index is -0.576. The third-order valence-corrected chi connectivity index (χ3v) is 7.05. The molecule has 1 amide bonds. The van der Waals surface area contributed by atoms with Crippen molar-refractivity contribution in [1.29, 1.82) is 0 Å². The fraction of sp³-hybridized carbons (Fsp3) is 0.679. The first kappa shape index (κ1) is 27.7. The van der Waals surface area contributed by atoms with Gasteiger partial charge in [0.2, 0.25) is 13.1 Å². The lowest BCUT2D eigenvalue weighted by Gasteiger charge is -2.38. The van der Waals surface area contributed by atoms with Crippen molar-refractivity contribution >= 4 is 5.91 Å². The average molecular weight is 520 g/mol. The van der Waals surface area contributed by atoms with Gasteiger partial charge in [-0.15, -0.1) is 0 Å². The van der Waals surface area contributed by atoms with Gasteiger partial charge >= 0.3 is 0 Å². The first-order valence-corrected chi connectivity index (χ1v) is 13.7. The molecule has 0 saturated carbocycles.